The molecule has 2 aromatic carbocycles. The Morgan fingerprint density at radius 3 is 2.59 bits per heavy atom. The van der Waals surface area contributed by atoms with Gasteiger partial charge in [0.15, 0.2) is 11.5 Å². The van der Waals surface area contributed by atoms with Crippen molar-refractivity contribution >= 4 is 11.0 Å². The van der Waals surface area contributed by atoms with Crippen LogP contribution >= 0.6 is 0 Å². The Balaban J connectivity index is 1.35. The number of nitrogens with zero attached hydrogens (tertiary/aromatic N) is 3. The summed E-state index contributed by atoms with van der Waals surface area (Å²) >= 11 is 0. The molecule has 0 aliphatic carbocycles. The molecule has 0 unspecified atom stereocenters. The van der Waals surface area contributed by atoms with Gasteiger partial charge in [0.25, 0.3) is 0 Å². The number of fused-ring (bicyclic) bond motifs is 1. The molecule has 1 saturated heterocycles. The van der Waals surface area contributed by atoms with Crippen molar-refractivity contribution in [1.82, 2.24) is 14.5 Å². The minimum Gasteiger partial charge on any atom is -0.493 e. The van der Waals surface area contributed by atoms with E-state index in [9.17, 15) is 0 Å². The smallest absolute Gasteiger partial charge is 0.161 e. The topological polar surface area (TPSA) is 39.5 Å². The van der Waals surface area contributed by atoms with Gasteiger partial charge in [-0.1, -0.05) is 37.1 Å². The Hall–Kier alpha value is -2.79. The minimum absolute atomic E-state index is 0.636. The van der Waals surface area contributed by atoms with Crippen LogP contribution in [0.1, 0.15) is 49.9 Å². The Labute approximate surface area is 204 Å². The molecule has 0 N–H and O–H groups in total. The summed E-state index contributed by atoms with van der Waals surface area (Å²) in [7, 11) is 1.69. The number of rotatable bonds is 12. The number of benzene rings is 2. The number of imidazole rings is 1. The monoisotopic (exact) mass is 461 g/mol. The first-order valence-electron chi connectivity index (χ1n) is 12.9. The maximum Gasteiger partial charge on any atom is 0.161 e. The first-order valence-corrected chi connectivity index (χ1v) is 12.9. The highest BCUT2D eigenvalue weighted by Crippen LogP contribution is 2.28. The van der Waals surface area contributed by atoms with Crippen LogP contribution in [0.3, 0.4) is 0 Å². The van der Waals surface area contributed by atoms with E-state index >= 15 is 0 Å². The SMILES string of the molecule is C=CCc1ccc(OCCCn2c(CCCN3CCCCCC3)nc3ccccc32)c(OC)c1. The molecule has 0 bridgehead atoms. The van der Waals surface area contributed by atoms with E-state index < -0.39 is 0 Å². The quantitative estimate of drug-likeness (QED) is 0.243. The van der Waals surface area contributed by atoms with Crippen molar-refractivity contribution in [3.63, 3.8) is 0 Å². The summed E-state index contributed by atoms with van der Waals surface area (Å²) in [5.74, 6) is 2.77. The van der Waals surface area contributed by atoms with Crippen LogP contribution in [0, 0.1) is 0 Å². The molecule has 5 nitrogen and oxygen atoms in total. The molecule has 2 heterocycles. The molecule has 3 aromatic rings. The summed E-state index contributed by atoms with van der Waals surface area (Å²) in [6.07, 6.45) is 11.3. The van der Waals surface area contributed by atoms with Gasteiger partial charge < -0.3 is 18.9 Å². The molecular formula is C29H39N3O2. The second kappa shape index (κ2) is 12.6. The lowest BCUT2D eigenvalue weighted by atomic mass is 10.1. The number of ether oxygens (including phenoxy) is 2. The van der Waals surface area contributed by atoms with Crippen molar-refractivity contribution in [2.24, 2.45) is 0 Å². The molecule has 0 atom stereocenters. The molecule has 5 heteroatoms. The number of methoxy groups -OCH3 is 1. The van der Waals surface area contributed by atoms with Crippen LogP contribution < -0.4 is 9.47 Å². The molecule has 4 rings (SSSR count). The highest BCUT2D eigenvalue weighted by molar-refractivity contribution is 5.75. The number of likely N-dealkylation sites (tertiary alicyclic amines) is 1. The number of hydrogen-bond donors (Lipinski definition) is 0. The lowest BCUT2D eigenvalue weighted by Gasteiger charge is -2.19. The van der Waals surface area contributed by atoms with Crippen LogP contribution in [-0.4, -0.2) is 47.8 Å². The van der Waals surface area contributed by atoms with Crippen molar-refractivity contribution in [2.75, 3.05) is 33.4 Å². The molecule has 0 radical (unpaired) electrons. The third-order valence-corrected chi connectivity index (χ3v) is 6.70. The van der Waals surface area contributed by atoms with Crippen molar-refractivity contribution in [3.8, 4) is 11.5 Å². The zero-order valence-corrected chi connectivity index (χ0v) is 20.7. The maximum atomic E-state index is 6.09. The van der Waals surface area contributed by atoms with Crippen LogP contribution in [0.25, 0.3) is 11.0 Å². The number of allylic oxidation sites excluding steroid dienone is 1. The zero-order chi connectivity index (χ0) is 23.6. The normalized spacial score (nSPS) is 14.7. The van der Waals surface area contributed by atoms with Crippen molar-refractivity contribution in [2.45, 2.75) is 57.9 Å². The van der Waals surface area contributed by atoms with E-state index in [2.05, 4.69) is 46.4 Å². The lowest BCUT2D eigenvalue weighted by molar-refractivity contribution is 0.278. The van der Waals surface area contributed by atoms with E-state index in [1.165, 1.54) is 62.2 Å². The third-order valence-electron chi connectivity index (χ3n) is 6.70. The number of aryl methyl sites for hydroxylation is 2. The molecule has 182 valence electrons. The van der Waals surface area contributed by atoms with Crippen LogP contribution in [0.15, 0.2) is 55.1 Å². The van der Waals surface area contributed by atoms with Gasteiger partial charge in [-0.05, 0) is 81.6 Å². The van der Waals surface area contributed by atoms with Gasteiger partial charge in [-0.2, -0.15) is 0 Å². The van der Waals surface area contributed by atoms with Gasteiger partial charge in [0.05, 0.1) is 24.8 Å². The third kappa shape index (κ3) is 6.41. The molecule has 0 saturated carbocycles. The second-order valence-corrected chi connectivity index (χ2v) is 9.21. The summed E-state index contributed by atoms with van der Waals surface area (Å²) in [4.78, 5) is 7.62. The molecule has 0 spiro atoms. The first kappa shape index (κ1) is 24.3. The second-order valence-electron chi connectivity index (χ2n) is 9.21. The van der Waals surface area contributed by atoms with Gasteiger partial charge in [0.2, 0.25) is 0 Å². The fraction of sp³-hybridized carbons (Fsp3) is 0.483. The van der Waals surface area contributed by atoms with Gasteiger partial charge in [0.1, 0.15) is 5.82 Å². The predicted molar refractivity (Wildman–Crippen MR) is 140 cm³/mol. The van der Waals surface area contributed by atoms with E-state index in [0.717, 1.165) is 49.2 Å². The minimum atomic E-state index is 0.636. The van der Waals surface area contributed by atoms with Gasteiger partial charge in [-0.25, -0.2) is 4.98 Å². The predicted octanol–water partition coefficient (Wildman–Crippen LogP) is 6.05. The fourth-order valence-corrected chi connectivity index (χ4v) is 4.92. The first-order chi connectivity index (χ1) is 16.8. The van der Waals surface area contributed by atoms with Crippen molar-refractivity contribution in [3.05, 3.63) is 66.5 Å². The highest BCUT2D eigenvalue weighted by atomic mass is 16.5. The standard InChI is InChI=1S/C29H39N3O2/c1-3-12-24-16-17-27(28(23-24)33-2)34-22-11-21-32-26-14-7-6-13-25(26)30-29(32)15-10-20-31-18-8-4-5-9-19-31/h3,6-7,13-14,16-17,23H,1,4-5,8-12,15,18-22H2,2H3. The maximum absolute atomic E-state index is 6.09. The summed E-state index contributed by atoms with van der Waals surface area (Å²) in [6, 6.07) is 14.6. The van der Waals surface area contributed by atoms with Crippen molar-refractivity contribution < 1.29 is 9.47 Å². The molecule has 1 aromatic heterocycles. The van der Waals surface area contributed by atoms with E-state index in [1.807, 2.05) is 18.2 Å². The number of para-hydroxylation sites is 2. The summed E-state index contributed by atoms with van der Waals surface area (Å²) in [6.45, 7) is 9.03. The van der Waals surface area contributed by atoms with E-state index in [-0.39, 0.29) is 0 Å². The summed E-state index contributed by atoms with van der Waals surface area (Å²) in [5, 5.41) is 0. The van der Waals surface area contributed by atoms with Gasteiger partial charge in [0, 0.05) is 13.0 Å². The average molecular weight is 462 g/mol. The van der Waals surface area contributed by atoms with Gasteiger partial charge in [-0.15, -0.1) is 6.58 Å². The fourth-order valence-electron chi connectivity index (χ4n) is 4.92. The number of aromatic nitrogens is 2. The molecule has 34 heavy (non-hydrogen) atoms. The zero-order valence-electron chi connectivity index (χ0n) is 20.7. The van der Waals surface area contributed by atoms with Crippen molar-refractivity contribution in [1.29, 1.82) is 0 Å². The number of hydrogen-bond acceptors (Lipinski definition) is 4. The van der Waals surface area contributed by atoms with E-state index in [4.69, 9.17) is 14.5 Å². The van der Waals surface area contributed by atoms with E-state index in [1.54, 1.807) is 7.11 Å². The molecule has 0 amide bonds. The molecule has 1 aliphatic rings. The van der Waals surface area contributed by atoms with Crippen LogP contribution in [-0.2, 0) is 19.4 Å². The summed E-state index contributed by atoms with van der Waals surface area (Å²) in [5.41, 5.74) is 3.49. The molecule has 1 fully saturated rings. The Morgan fingerprint density at radius 1 is 0.971 bits per heavy atom. The molecule has 1 aliphatic heterocycles. The average Bonchev–Trinajstić information content (AvgIpc) is 3.01. The largest absolute Gasteiger partial charge is 0.493 e. The molecular weight excluding hydrogens is 422 g/mol. The Bertz CT molecular complexity index is 1050. The lowest BCUT2D eigenvalue weighted by Crippen LogP contribution is -2.26. The van der Waals surface area contributed by atoms with E-state index in [0.29, 0.717) is 6.61 Å². The highest BCUT2D eigenvalue weighted by Gasteiger charge is 2.13. The van der Waals surface area contributed by atoms with Crippen LogP contribution in [0.4, 0.5) is 0 Å². The van der Waals surface area contributed by atoms with Gasteiger partial charge in [-0.3, -0.25) is 0 Å². The van der Waals surface area contributed by atoms with Gasteiger partial charge >= 0.3 is 0 Å². The van der Waals surface area contributed by atoms with Crippen LogP contribution in [0.5, 0.6) is 11.5 Å². The Kier molecular flexibility index (Phi) is 9.03. The Morgan fingerprint density at radius 2 is 1.79 bits per heavy atom. The van der Waals surface area contributed by atoms with Crippen LogP contribution in [0.2, 0.25) is 0 Å². The summed E-state index contributed by atoms with van der Waals surface area (Å²) < 4.78 is 14.0.